The standard InChI is InChI=1S/C14H21NO2/c1-5-12-6-8-13(9-7-12)10(2)15-11(3)14(16)17-4/h6-11,15H,5H2,1-4H3. The molecule has 0 saturated heterocycles. The van der Waals surface area contributed by atoms with Crippen LogP contribution in [0.25, 0.3) is 0 Å². The molecule has 1 N–H and O–H groups in total. The fourth-order valence-corrected chi connectivity index (χ4v) is 1.76. The largest absolute Gasteiger partial charge is 0.468 e. The Morgan fingerprint density at radius 2 is 1.88 bits per heavy atom. The molecule has 0 bridgehead atoms. The number of nitrogens with one attached hydrogen (secondary N) is 1. The lowest BCUT2D eigenvalue weighted by atomic mass is 10.0. The molecule has 3 nitrogen and oxygen atoms in total. The normalized spacial score (nSPS) is 14.1. The van der Waals surface area contributed by atoms with Crippen LogP contribution in [0.4, 0.5) is 0 Å². The third-order valence-electron chi connectivity index (χ3n) is 2.94. The van der Waals surface area contributed by atoms with Gasteiger partial charge < -0.3 is 4.74 Å². The van der Waals surface area contributed by atoms with Gasteiger partial charge in [0.25, 0.3) is 0 Å². The van der Waals surface area contributed by atoms with E-state index >= 15 is 0 Å². The van der Waals surface area contributed by atoms with Crippen molar-refractivity contribution in [2.45, 2.75) is 39.3 Å². The number of hydrogen-bond acceptors (Lipinski definition) is 3. The first-order valence-electron chi connectivity index (χ1n) is 6.01. The third kappa shape index (κ3) is 3.86. The maximum Gasteiger partial charge on any atom is 0.322 e. The van der Waals surface area contributed by atoms with Crippen LogP contribution >= 0.6 is 0 Å². The Hall–Kier alpha value is -1.35. The van der Waals surface area contributed by atoms with Gasteiger partial charge >= 0.3 is 5.97 Å². The minimum absolute atomic E-state index is 0.134. The number of benzene rings is 1. The Labute approximate surface area is 103 Å². The monoisotopic (exact) mass is 235 g/mol. The zero-order valence-electron chi connectivity index (χ0n) is 11.0. The van der Waals surface area contributed by atoms with Crippen molar-refractivity contribution < 1.29 is 9.53 Å². The molecule has 2 unspecified atom stereocenters. The lowest BCUT2D eigenvalue weighted by Gasteiger charge is -2.18. The molecule has 0 amide bonds. The second-order valence-corrected chi connectivity index (χ2v) is 4.23. The lowest BCUT2D eigenvalue weighted by Crippen LogP contribution is -2.36. The predicted octanol–water partition coefficient (Wildman–Crippen LogP) is 2.46. The van der Waals surface area contributed by atoms with E-state index in [1.165, 1.54) is 18.2 Å². The van der Waals surface area contributed by atoms with Crippen LogP contribution in [-0.2, 0) is 16.0 Å². The highest BCUT2D eigenvalue weighted by atomic mass is 16.5. The fraction of sp³-hybridized carbons (Fsp3) is 0.500. The maximum atomic E-state index is 11.3. The van der Waals surface area contributed by atoms with Crippen LogP contribution in [-0.4, -0.2) is 19.1 Å². The Bertz CT molecular complexity index is 359. The average Bonchev–Trinajstić information content (AvgIpc) is 2.37. The van der Waals surface area contributed by atoms with Crippen molar-refractivity contribution in [1.82, 2.24) is 5.32 Å². The maximum absolute atomic E-state index is 11.3. The molecule has 94 valence electrons. The Morgan fingerprint density at radius 3 is 2.35 bits per heavy atom. The van der Waals surface area contributed by atoms with E-state index in [0.29, 0.717) is 0 Å². The number of carbonyl (C=O) groups is 1. The van der Waals surface area contributed by atoms with Crippen molar-refractivity contribution in [3.63, 3.8) is 0 Å². The van der Waals surface area contributed by atoms with Crippen molar-refractivity contribution in [3.8, 4) is 0 Å². The number of aryl methyl sites for hydroxylation is 1. The predicted molar refractivity (Wildman–Crippen MR) is 68.8 cm³/mol. The van der Waals surface area contributed by atoms with Crippen molar-refractivity contribution in [3.05, 3.63) is 35.4 Å². The third-order valence-corrected chi connectivity index (χ3v) is 2.94. The quantitative estimate of drug-likeness (QED) is 0.797. The first kappa shape index (κ1) is 13.7. The van der Waals surface area contributed by atoms with Gasteiger partial charge in [-0.2, -0.15) is 0 Å². The van der Waals surface area contributed by atoms with Gasteiger partial charge in [-0.15, -0.1) is 0 Å². The first-order valence-corrected chi connectivity index (χ1v) is 6.01. The van der Waals surface area contributed by atoms with Gasteiger partial charge in [0, 0.05) is 6.04 Å². The molecule has 0 fully saturated rings. The molecule has 0 saturated carbocycles. The first-order chi connectivity index (χ1) is 8.08. The number of hydrogen-bond donors (Lipinski definition) is 1. The van der Waals surface area contributed by atoms with E-state index in [0.717, 1.165) is 6.42 Å². The van der Waals surface area contributed by atoms with E-state index in [1.54, 1.807) is 0 Å². The minimum Gasteiger partial charge on any atom is -0.468 e. The molecule has 0 heterocycles. The van der Waals surface area contributed by atoms with E-state index in [4.69, 9.17) is 0 Å². The summed E-state index contributed by atoms with van der Waals surface area (Å²) in [6.07, 6.45) is 1.04. The van der Waals surface area contributed by atoms with E-state index in [-0.39, 0.29) is 18.1 Å². The van der Waals surface area contributed by atoms with Crippen molar-refractivity contribution in [2.24, 2.45) is 0 Å². The molecule has 1 aromatic carbocycles. The highest BCUT2D eigenvalue weighted by Gasteiger charge is 2.16. The summed E-state index contributed by atoms with van der Waals surface area (Å²) in [5, 5.41) is 3.21. The molecule has 1 aromatic rings. The zero-order valence-corrected chi connectivity index (χ0v) is 11.0. The summed E-state index contributed by atoms with van der Waals surface area (Å²) in [6, 6.07) is 8.28. The number of carbonyl (C=O) groups excluding carboxylic acids is 1. The molecule has 0 spiro atoms. The molecule has 0 aliphatic carbocycles. The van der Waals surface area contributed by atoms with Crippen LogP contribution in [0.5, 0.6) is 0 Å². The van der Waals surface area contributed by atoms with Gasteiger partial charge in [-0.1, -0.05) is 31.2 Å². The van der Waals surface area contributed by atoms with Crippen LogP contribution in [0.2, 0.25) is 0 Å². The van der Waals surface area contributed by atoms with Crippen molar-refractivity contribution >= 4 is 5.97 Å². The van der Waals surface area contributed by atoms with Crippen LogP contribution in [0.3, 0.4) is 0 Å². The second-order valence-electron chi connectivity index (χ2n) is 4.23. The zero-order chi connectivity index (χ0) is 12.8. The number of esters is 1. The number of ether oxygens (including phenoxy) is 1. The molecule has 2 atom stereocenters. The van der Waals surface area contributed by atoms with Crippen LogP contribution < -0.4 is 5.32 Å². The Balaban J connectivity index is 2.62. The molecule has 0 aliphatic rings. The molecule has 0 aromatic heterocycles. The summed E-state index contributed by atoms with van der Waals surface area (Å²) < 4.78 is 4.68. The summed E-state index contributed by atoms with van der Waals surface area (Å²) in [6.45, 7) is 5.99. The number of rotatable bonds is 5. The molecular weight excluding hydrogens is 214 g/mol. The number of methoxy groups -OCH3 is 1. The van der Waals surface area contributed by atoms with Crippen molar-refractivity contribution in [1.29, 1.82) is 0 Å². The Morgan fingerprint density at radius 1 is 1.29 bits per heavy atom. The lowest BCUT2D eigenvalue weighted by molar-refractivity contribution is -0.142. The van der Waals surface area contributed by atoms with Gasteiger partial charge in [0.15, 0.2) is 0 Å². The van der Waals surface area contributed by atoms with Gasteiger partial charge in [-0.05, 0) is 31.4 Å². The van der Waals surface area contributed by atoms with Crippen LogP contribution in [0.1, 0.15) is 37.9 Å². The Kier molecular flexibility index (Phi) is 5.16. The molecule has 3 heteroatoms. The highest BCUT2D eigenvalue weighted by Crippen LogP contribution is 2.14. The van der Waals surface area contributed by atoms with Gasteiger partial charge in [0.2, 0.25) is 0 Å². The molecule has 0 aliphatic heterocycles. The summed E-state index contributed by atoms with van der Waals surface area (Å²) >= 11 is 0. The van der Waals surface area contributed by atoms with E-state index in [2.05, 4.69) is 41.2 Å². The SMILES string of the molecule is CCc1ccc(C(C)NC(C)C(=O)OC)cc1. The van der Waals surface area contributed by atoms with Crippen LogP contribution in [0, 0.1) is 0 Å². The van der Waals surface area contributed by atoms with E-state index < -0.39 is 0 Å². The van der Waals surface area contributed by atoms with Crippen LogP contribution in [0.15, 0.2) is 24.3 Å². The summed E-state index contributed by atoms with van der Waals surface area (Å²) in [4.78, 5) is 11.3. The minimum atomic E-state index is -0.291. The summed E-state index contributed by atoms with van der Waals surface area (Å²) in [7, 11) is 1.40. The molecule has 1 rings (SSSR count). The fourth-order valence-electron chi connectivity index (χ4n) is 1.76. The highest BCUT2D eigenvalue weighted by molar-refractivity contribution is 5.75. The topological polar surface area (TPSA) is 38.3 Å². The molecular formula is C14H21NO2. The van der Waals surface area contributed by atoms with E-state index in [9.17, 15) is 4.79 Å². The second kappa shape index (κ2) is 6.40. The summed E-state index contributed by atoms with van der Waals surface area (Å²) in [5.74, 6) is -0.234. The molecule has 0 radical (unpaired) electrons. The smallest absolute Gasteiger partial charge is 0.322 e. The average molecular weight is 235 g/mol. The van der Waals surface area contributed by atoms with Gasteiger partial charge in [-0.25, -0.2) is 0 Å². The molecule has 17 heavy (non-hydrogen) atoms. The van der Waals surface area contributed by atoms with Gasteiger partial charge in [0.05, 0.1) is 7.11 Å². The summed E-state index contributed by atoms with van der Waals surface area (Å²) in [5.41, 5.74) is 2.50. The van der Waals surface area contributed by atoms with Gasteiger partial charge in [0.1, 0.15) is 6.04 Å². The van der Waals surface area contributed by atoms with Crippen molar-refractivity contribution in [2.75, 3.05) is 7.11 Å². The van der Waals surface area contributed by atoms with Gasteiger partial charge in [-0.3, -0.25) is 10.1 Å². The van der Waals surface area contributed by atoms with E-state index in [1.807, 2.05) is 13.8 Å².